The number of nitrogens with two attached hydrogens (primary N) is 1. The Morgan fingerprint density at radius 1 is 1.15 bits per heavy atom. The summed E-state index contributed by atoms with van der Waals surface area (Å²) in [6, 6.07) is 11.3. The summed E-state index contributed by atoms with van der Waals surface area (Å²) in [4.78, 5) is 13.1. The van der Waals surface area contributed by atoms with Gasteiger partial charge in [-0.3, -0.25) is 10.1 Å². The van der Waals surface area contributed by atoms with E-state index in [0.717, 1.165) is 5.56 Å². The van der Waals surface area contributed by atoms with Crippen molar-refractivity contribution in [2.45, 2.75) is 61.3 Å². The molecule has 1 fully saturated rings. The quantitative estimate of drug-likeness (QED) is 0.508. The second kappa shape index (κ2) is 10.0. The standard InChI is InChI=1S/C23H25F3N4O2S/c1-2-3-19(21(31)30-22(14-27)12-13-22)29-20(23(24,25)26)17-6-4-15(5-7-17)16-8-10-18(11-9-16)33(28)32/h4-11,19-20,29H,2-3,12-13,28H2,1H3,(H,30,31)/t19-,20-,33?/m0/s1. The van der Waals surface area contributed by atoms with Crippen molar-refractivity contribution in [3.05, 3.63) is 54.1 Å². The van der Waals surface area contributed by atoms with Gasteiger partial charge in [0.25, 0.3) is 0 Å². The van der Waals surface area contributed by atoms with Gasteiger partial charge in [0, 0.05) is 0 Å². The number of nitrogens with one attached hydrogen (secondary N) is 2. The molecule has 1 saturated carbocycles. The van der Waals surface area contributed by atoms with Gasteiger partial charge in [0.1, 0.15) is 22.6 Å². The molecule has 0 saturated heterocycles. The highest BCUT2D eigenvalue weighted by atomic mass is 32.2. The van der Waals surface area contributed by atoms with Crippen LogP contribution in [0.15, 0.2) is 53.4 Å². The van der Waals surface area contributed by atoms with Gasteiger partial charge < -0.3 is 5.32 Å². The summed E-state index contributed by atoms with van der Waals surface area (Å²) in [5, 5.41) is 19.6. The molecule has 176 valence electrons. The lowest BCUT2D eigenvalue weighted by molar-refractivity contribution is -0.161. The summed E-state index contributed by atoms with van der Waals surface area (Å²) >= 11 is 0. The topological polar surface area (TPSA) is 108 Å². The van der Waals surface area contributed by atoms with Gasteiger partial charge in [-0.15, -0.1) is 0 Å². The highest BCUT2D eigenvalue weighted by Gasteiger charge is 2.47. The summed E-state index contributed by atoms with van der Waals surface area (Å²) in [5.74, 6) is -0.598. The van der Waals surface area contributed by atoms with Crippen LogP contribution in [0.5, 0.6) is 0 Å². The number of carbonyl (C=O) groups excluding carboxylic acids is 1. The van der Waals surface area contributed by atoms with E-state index in [2.05, 4.69) is 10.6 Å². The number of halogens is 3. The van der Waals surface area contributed by atoms with Gasteiger partial charge in [-0.1, -0.05) is 49.7 Å². The summed E-state index contributed by atoms with van der Waals surface area (Å²) in [5.41, 5.74) is 0.441. The lowest BCUT2D eigenvalue weighted by Gasteiger charge is -2.28. The number of benzene rings is 2. The normalized spacial score (nSPS) is 17.5. The number of nitriles is 1. The molecule has 0 aliphatic heterocycles. The monoisotopic (exact) mass is 478 g/mol. The van der Waals surface area contributed by atoms with E-state index in [-0.39, 0.29) is 12.0 Å². The average molecular weight is 479 g/mol. The Labute approximate surface area is 192 Å². The first-order valence-electron chi connectivity index (χ1n) is 10.5. The van der Waals surface area contributed by atoms with Crippen molar-refractivity contribution in [2.24, 2.45) is 5.14 Å². The first-order chi connectivity index (χ1) is 15.6. The predicted molar refractivity (Wildman–Crippen MR) is 119 cm³/mol. The molecule has 1 amide bonds. The van der Waals surface area contributed by atoms with Crippen LogP contribution < -0.4 is 15.8 Å². The Hall–Kier alpha value is -2.74. The van der Waals surface area contributed by atoms with E-state index in [4.69, 9.17) is 5.14 Å². The van der Waals surface area contributed by atoms with Crippen molar-refractivity contribution < 1.29 is 22.2 Å². The van der Waals surface area contributed by atoms with Crippen molar-refractivity contribution in [3.63, 3.8) is 0 Å². The Morgan fingerprint density at radius 2 is 1.70 bits per heavy atom. The molecule has 6 nitrogen and oxygen atoms in total. The maximum absolute atomic E-state index is 13.9. The van der Waals surface area contributed by atoms with E-state index in [1.165, 1.54) is 12.1 Å². The molecule has 33 heavy (non-hydrogen) atoms. The van der Waals surface area contributed by atoms with Crippen LogP contribution in [0.2, 0.25) is 0 Å². The van der Waals surface area contributed by atoms with Crippen LogP contribution in [0.1, 0.15) is 44.2 Å². The van der Waals surface area contributed by atoms with Gasteiger partial charge in [0.05, 0.1) is 17.0 Å². The van der Waals surface area contributed by atoms with Crippen LogP contribution in [0.4, 0.5) is 13.2 Å². The smallest absolute Gasteiger partial charge is 0.336 e. The number of rotatable bonds is 9. The first-order valence-corrected chi connectivity index (χ1v) is 11.7. The van der Waals surface area contributed by atoms with Gasteiger partial charge in [-0.25, -0.2) is 9.35 Å². The van der Waals surface area contributed by atoms with E-state index in [1.807, 2.05) is 6.07 Å². The van der Waals surface area contributed by atoms with Crippen molar-refractivity contribution >= 4 is 16.9 Å². The average Bonchev–Trinajstić information content (AvgIpc) is 3.55. The zero-order valence-corrected chi connectivity index (χ0v) is 18.8. The predicted octanol–water partition coefficient (Wildman–Crippen LogP) is 3.87. The number of alkyl halides is 3. The highest BCUT2D eigenvalue weighted by Crippen LogP contribution is 2.36. The molecule has 0 aromatic heterocycles. The third-order valence-corrected chi connectivity index (χ3v) is 6.32. The fourth-order valence-electron chi connectivity index (χ4n) is 3.52. The lowest BCUT2D eigenvalue weighted by Crippen LogP contribution is -2.51. The second-order valence-electron chi connectivity index (χ2n) is 8.11. The largest absolute Gasteiger partial charge is 0.407 e. The fraction of sp³-hybridized carbons (Fsp3) is 0.391. The Kier molecular flexibility index (Phi) is 7.57. The zero-order valence-electron chi connectivity index (χ0n) is 18.0. The molecule has 0 spiro atoms. The molecule has 1 aliphatic carbocycles. The summed E-state index contributed by atoms with van der Waals surface area (Å²) in [7, 11) is -1.61. The molecule has 1 aliphatic rings. The van der Waals surface area contributed by atoms with Gasteiger partial charge >= 0.3 is 6.18 Å². The molecule has 0 radical (unpaired) electrons. The number of carbonyl (C=O) groups is 1. The molecule has 2 aromatic rings. The molecule has 0 heterocycles. The van der Waals surface area contributed by atoms with E-state index in [0.29, 0.717) is 29.7 Å². The fourth-order valence-corrected chi connectivity index (χ4v) is 3.93. The Balaban J connectivity index is 1.81. The van der Waals surface area contributed by atoms with Crippen LogP contribution >= 0.6 is 0 Å². The first kappa shape index (κ1) is 24.9. The van der Waals surface area contributed by atoms with E-state index >= 15 is 0 Å². The molecule has 2 aromatic carbocycles. The van der Waals surface area contributed by atoms with Crippen LogP contribution in [0.25, 0.3) is 11.1 Å². The highest BCUT2D eigenvalue weighted by molar-refractivity contribution is 7.82. The van der Waals surface area contributed by atoms with Crippen LogP contribution in [0, 0.1) is 11.3 Å². The van der Waals surface area contributed by atoms with Crippen LogP contribution in [-0.4, -0.2) is 27.9 Å². The maximum Gasteiger partial charge on any atom is 0.407 e. The van der Waals surface area contributed by atoms with Gasteiger partial charge in [0.2, 0.25) is 5.91 Å². The van der Waals surface area contributed by atoms with E-state index in [1.54, 1.807) is 43.3 Å². The van der Waals surface area contributed by atoms with Crippen molar-refractivity contribution in [2.75, 3.05) is 0 Å². The van der Waals surface area contributed by atoms with Crippen molar-refractivity contribution in [1.82, 2.24) is 10.6 Å². The molecule has 0 bridgehead atoms. The summed E-state index contributed by atoms with van der Waals surface area (Å²) in [6.07, 6.45) is -2.93. The lowest BCUT2D eigenvalue weighted by atomic mass is 9.99. The van der Waals surface area contributed by atoms with Gasteiger partial charge in [-0.2, -0.15) is 18.4 Å². The second-order valence-corrected chi connectivity index (χ2v) is 9.18. The third-order valence-electron chi connectivity index (χ3n) is 5.58. The number of hydrogen-bond acceptors (Lipinski definition) is 4. The Bertz CT molecular complexity index is 1050. The molecular weight excluding hydrogens is 453 g/mol. The van der Waals surface area contributed by atoms with E-state index < -0.39 is 40.7 Å². The minimum Gasteiger partial charge on any atom is -0.336 e. The maximum atomic E-state index is 13.9. The molecule has 3 atom stereocenters. The summed E-state index contributed by atoms with van der Waals surface area (Å²) < 4.78 is 53.1. The minimum absolute atomic E-state index is 0.0266. The van der Waals surface area contributed by atoms with Gasteiger partial charge in [0.15, 0.2) is 0 Å². The number of hydrogen-bond donors (Lipinski definition) is 3. The SMILES string of the molecule is CCC[C@H](N[C@@H](c1ccc(-c2ccc(S(N)=O)cc2)cc1)C(F)(F)F)C(=O)NC1(C#N)CC1. The molecule has 10 heteroatoms. The zero-order chi connectivity index (χ0) is 24.2. The molecule has 3 rings (SSSR count). The molecular formula is C23H25F3N4O2S. The molecule has 4 N–H and O–H groups in total. The van der Waals surface area contributed by atoms with Crippen molar-refractivity contribution in [3.8, 4) is 17.2 Å². The van der Waals surface area contributed by atoms with Crippen LogP contribution in [-0.2, 0) is 15.8 Å². The minimum atomic E-state index is -4.63. The van der Waals surface area contributed by atoms with Gasteiger partial charge in [-0.05, 0) is 48.1 Å². The van der Waals surface area contributed by atoms with Crippen molar-refractivity contribution in [1.29, 1.82) is 5.26 Å². The third kappa shape index (κ3) is 6.19. The Morgan fingerprint density at radius 3 is 2.12 bits per heavy atom. The van der Waals surface area contributed by atoms with E-state index in [9.17, 15) is 27.4 Å². The number of amides is 1. The number of nitrogens with zero attached hydrogens (tertiary/aromatic N) is 1. The molecule has 1 unspecified atom stereocenters. The van der Waals surface area contributed by atoms with Crippen LogP contribution in [0.3, 0.4) is 0 Å². The summed E-state index contributed by atoms with van der Waals surface area (Å²) in [6.45, 7) is 1.78.